The summed E-state index contributed by atoms with van der Waals surface area (Å²) >= 11 is 0. The number of rotatable bonds is 3. The number of nitrogens with zero attached hydrogens (tertiary/aromatic N) is 2. The third-order valence-electron chi connectivity index (χ3n) is 6.13. The SMILES string of the molecule is Cc1c(C)c(C)c(C(=O)C2CCN(C(=O)c3cnc[nH]3)CC2)c(C)c1C. The first-order chi connectivity index (χ1) is 12.3. The number of piperidine rings is 1. The lowest BCUT2D eigenvalue weighted by atomic mass is 9.81. The molecule has 2 aromatic rings. The maximum Gasteiger partial charge on any atom is 0.271 e. The fourth-order valence-corrected chi connectivity index (χ4v) is 3.96. The Balaban J connectivity index is 1.76. The average molecular weight is 353 g/mol. The van der Waals surface area contributed by atoms with Crippen LogP contribution in [0, 0.1) is 40.5 Å². The van der Waals surface area contributed by atoms with Crippen LogP contribution in [0.1, 0.15) is 61.5 Å². The molecule has 0 aliphatic carbocycles. The highest BCUT2D eigenvalue weighted by Crippen LogP contribution is 2.31. The Labute approximate surface area is 154 Å². The zero-order chi connectivity index (χ0) is 19.0. The molecule has 5 heteroatoms. The minimum atomic E-state index is -0.0391. The van der Waals surface area contributed by atoms with Crippen LogP contribution < -0.4 is 0 Å². The molecule has 5 nitrogen and oxygen atoms in total. The second-order valence-corrected chi connectivity index (χ2v) is 7.40. The van der Waals surface area contributed by atoms with Crippen molar-refractivity contribution in [3.63, 3.8) is 0 Å². The van der Waals surface area contributed by atoms with Crippen LogP contribution in [0.3, 0.4) is 0 Å². The molecule has 0 atom stereocenters. The Morgan fingerprint density at radius 1 is 0.962 bits per heavy atom. The van der Waals surface area contributed by atoms with Crippen molar-refractivity contribution in [1.82, 2.24) is 14.9 Å². The summed E-state index contributed by atoms with van der Waals surface area (Å²) in [5, 5.41) is 0. The van der Waals surface area contributed by atoms with Crippen molar-refractivity contribution in [3.8, 4) is 0 Å². The summed E-state index contributed by atoms with van der Waals surface area (Å²) in [7, 11) is 0. The van der Waals surface area contributed by atoms with Crippen molar-refractivity contribution in [2.75, 3.05) is 13.1 Å². The Morgan fingerprint density at radius 3 is 2.00 bits per heavy atom. The van der Waals surface area contributed by atoms with Gasteiger partial charge in [0.1, 0.15) is 5.69 Å². The molecule has 0 saturated carbocycles. The van der Waals surface area contributed by atoms with Crippen LogP contribution in [-0.2, 0) is 0 Å². The largest absolute Gasteiger partial charge is 0.341 e. The van der Waals surface area contributed by atoms with Crippen LogP contribution in [0.2, 0.25) is 0 Å². The van der Waals surface area contributed by atoms with Gasteiger partial charge in [0.25, 0.3) is 5.91 Å². The molecule has 0 bridgehead atoms. The molecule has 26 heavy (non-hydrogen) atoms. The number of H-pyrrole nitrogens is 1. The Bertz CT molecular complexity index is 816. The fourth-order valence-electron chi connectivity index (χ4n) is 3.96. The highest BCUT2D eigenvalue weighted by atomic mass is 16.2. The molecular formula is C21H27N3O2. The standard InChI is InChI=1S/C21H27N3O2/c1-12-13(2)15(4)19(16(5)14(12)3)20(25)17-6-8-24(9-7-17)21(26)18-10-22-11-23-18/h10-11,17H,6-9H2,1-5H3,(H,22,23). The molecule has 0 radical (unpaired) electrons. The van der Waals surface area contributed by atoms with Gasteiger partial charge in [0, 0.05) is 24.6 Å². The van der Waals surface area contributed by atoms with Gasteiger partial charge in [-0.05, 0) is 75.3 Å². The number of carbonyl (C=O) groups excluding carboxylic acids is 2. The van der Waals surface area contributed by atoms with Crippen LogP contribution in [0.5, 0.6) is 0 Å². The van der Waals surface area contributed by atoms with Gasteiger partial charge in [-0.1, -0.05) is 0 Å². The summed E-state index contributed by atoms with van der Waals surface area (Å²) in [6.45, 7) is 11.6. The summed E-state index contributed by atoms with van der Waals surface area (Å²) in [6.07, 6.45) is 4.48. The normalized spacial score (nSPS) is 15.3. The lowest BCUT2D eigenvalue weighted by molar-refractivity contribution is 0.0645. The quantitative estimate of drug-likeness (QED) is 0.856. The number of hydrogen-bond acceptors (Lipinski definition) is 3. The van der Waals surface area contributed by atoms with E-state index in [0.29, 0.717) is 31.6 Å². The number of imidazole rings is 1. The molecule has 2 heterocycles. The van der Waals surface area contributed by atoms with Crippen molar-refractivity contribution in [2.24, 2.45) is 5.92 Å². The Hall–Kier alpha value is -2.43. The monoisotopic (exact) mass is 353 g/mol. The van der Waals surface area contributed by atoms with Gasteiger partial charge in [-0.25, -0.2) is 4.98 Å². The highest BCUT2D eigenvalue weighted by molar-refractivity contribution is 6.01. The van der Waals surface area contributed by atoms with E-state index in [4.69, 9.17) is 0 Å². The minimum absolute atomic E-state index is 0.0141. The van der Waals surface area contributed by atoms with Crippen molar-refractivity contribution in [1.29, 1.82) is 0 Å². The first-order valence-electron chi connectivity index (χ1n) is 9.21. The molecular weight excluding hydrogens is 326 g/mol. The zero-order valence-corrected chi connectivity index (χ0v) is 16.3. The van der Waals surface area contributed by atoms with Gasteiger partial charge in [-0.3, -0.25) is 9.59 Å². The predicted octanol–water partition coefficient (Wildman–Crippen LogP) is 3.69. The molecule has 1 aliphatic heterocycles. The van der Waals surface area contributed by atoms with Crippen LogP contribution in [-0.4, -0.2) is 39.6 Å². The van der Waals surface area contributed by atoms with E-state index >= 15 is 0 Å². The first kappa shape index (κ1) is 18.4. The summed E-state index contributed by atoms with van der Waals surface area (Å²) in [4.78, 5) is 34.2. The van der Waals surface area contributed by atoms with Crippen LogP contribution >= 0.6 is 0 Å². The second-order valence-electron chi connectivity index (χ2n) is 7.40. The van der Waals surface area contributed by atoms with E-state index in [-0.39, 0.29) is 17.6 Å². The number of hydrogen-bond donors (Lipinski definition) is 1. The number of benzene rings is 1. The molecule has 1 N–H and O–H groups in total. The topological polar surface area (TPSA) is 66.1 Å². The van der Waals surface area contributed by atoms with Crippen molar-refractivity contribution < 1.29 is 9.59 Å². The summed E-state index contributed by atoms with van der Waals surface area (Å²) in [5.41, 5.74) is 7.30. The molecule has 1 aromatic heterocycles. The van der Waals surface area contributed by atoms with E-state index in [1.54, 1.807) is 6.20 Å². The van der Waals surface area contributed by atoms with Gasteiger partial charge in [-0.2, -0.15) is 0 Å². The smallest absolute Gasteiger partial charge is 0.271 e. The summed E-state index contributed by atoms with van der Waals surface area (Å²) in [5.74, 6) is 0.183. The van der Waals surface area contributed by atoms with Gasteiger partial charge in [0.05, 0.1) is 12.5 Å². The lowest BCUT2D eigenvalue weighted by Crippen LogP contribution is -2.40. The van der Waals surface area contributed by atoms with E-state index in [0.717, 1.165) is 16.7 Å². The number of likely N-dealkylation sites (tertiary alicyclic amines) is 1. The van der Waals surface area contributed by atoms with Crippen LogP contribution in [0.15, 0.2) is 12.5 Å². The maximum absolute atomic E-state index is 13.2. The molecule has 1 aromatic carbocycles. The molecule has 1 amide bonds. The molecule has 0 spiro atoms. The highest BCUT2D eigenvalue weighted by Gasteiger charge is 2.31. The van der Waals surface area contributed by atoms with Gasteiger partial charge in [0.2, 0.25) is 0 Å². The lowest BCUT2D eigenvalue weighted by Gasteiger charge is -2.32. The van der Waals surface area contributed by atoms with Gasteiger partial charge in [0.15, 0.2) is 5.78 Å². The van der Waals surface area contributed by atoms with Crippen molar-refractivity contribution in [3.05, 3.63) is 51.6 Å². The number of ketones is 1. The number of carbonyl (C=O) groups is 2. The van der Waals surface area contributed by atoms with Gasteiger partial charge in [-0.15, -0.1) is 0 Å². The third kappa shape index (κ3) is 3.06. The predicted molar refractivity (Wildman–Crippen MR) is 102 cm³/mol. The van der Waals surface area contributed by atoms with E-state index < -0.39 is 0 Å². The average Bonchev–Trinajstić information content (AvgIpc) is 3.19. The van der Waals surface area contributed by atoms with Gasteiger partial charge >= 0.3 is 0 Å². The van der Waals surface area contributed by atoms with E-state index in [2.05, 4.69) is 44.6 Å². The number of nitrogens with one attached hydrogen (secondary N) is 1. The van der Waals surface area contributed by atoms with Crippen LogP contribution in [0.25, 0.3) is 0 Å². The third-order valence-corrected chi connectivity index (χ3v) is 6.13. The molecule has 1 aliphatic rings. The van der Waals surface area contributed by atoms with Crippen molar-refractivity contribution >= 4 is 11.7 Å². The van der Waals surface area contributed by atoms with E-state index in [1.807, 2.05) is 4.90 Å². The van der Waals surface area contributed by atoms with Crippen LogP contribution in [0.4, 0.5) is 0 Å². The van der Waals surface area contributed by atoms with Crippen molar-refractivity contribution in [2.45, 2.75) is 47.5 Å². The molecule has 3 rings (SSSR count). The number of aromatic nitrogens is 2. The zero-order valence-electron chi connectivity index (χ0n) is 16.3. The summed E-state index contributed by atoms with van der Waals surface area (Å²) < 4.78 is 0. The Kier molecular flexibility index (Phi) is 4.99. The minimum Gasteiger partial charge on any atom is -0.341 e. The van der Waals surface area contributed by atoms with Gasteiger partial charge < -0.3 is 9.88 Å². The maximum atomic E-state index is 13.2. The number of Topliss-reactive ketones (excluding diaryl/α,β-unsaturated/α-hetero) is 1. The fraction of sp³-hybridized carbons (Fsp3) is 0.476. The van der Waals surface area contributed by atoms with E-state index in [1.165, 1.54) is 23.0 Å². The number of aromatic amines is 1. The molecule has 1 fully saturated rings. The first-order valence-corrected chi connectivity index (χ1v) is 9.21. The molecule has 1 saturated heterocycles. The molecule has 138 valence electrons. The van der Waals surface area contributed by atoms with E-state index in [9.17, 15) is 9.59 Å². The number of amides is 1. The second kappa shape index (κ2) is 7.06. The summed E-state index contributed by atoms with van der Waals surface area (Å²) in [6, 6.07) is 0. The molecule has 0 unspecified atom stereocenters. The Morgan fingerprint density at radius 2 is 1.50 bits per heavy atom.